The minimum absolute atomic E-state index is 0. The molecule has 74 valence electrons. The first-order valence-electron chi connectivity index (χ1n) is 3.50. The molecule has 0 heterocycles. The molecule has 1 N–H and O–H groups in total. The third-order valence-corrected chi connectivity index (χ3v) is 1.11. The Morgan fingerprint density at radius 3 is 2.42 bits per heavy atom. The Hall–Kier alpha value is -0.320. The summed E-state index contributed by atoms with van der Waals surface area (Å²) in [5.74, 6) is -0.921. The van der Waals surface area contributed by atoms with Gasteiger partial charge in [0, 0.05) is 6.54 Å². The average molecular weight is 198 g/mol. The molecule has 0 aromatic rings. The maximum atomic E-state index is 10.1. The smallest absolute Gasteiger partial charge is 0.329 e. The van der Waals surface area contributed by atoms with E-state index in [0.29, 0.717) is 0 Å². The van der Waals surface area contributed by atoms with Crippen molar-refractivity contribution in [2.75, 3.05) is 27.2 Å². The molecule has 0 aliphatic carbocycles. The summed E-state index contributed by atoms with van der Waals surface area (Å²) in [5.41, 5.74) is 0. The van der Waals surface area contributed by atoms with Crippen LogP contribution in [0.1, 0.15) is 6.92 Å². The Morgan fingerprint density at radius 1 is 1.58 bits per heavy atom. The zero-order valence-electron chi connectivity index (χ0n) is 7.61. The molecule has 0 aromatic heterocycles. The lowest BCUT2D eigenvalue weighted by atomic mass is 10.4. The first-order chi connectivity index (χ1) is 5.02. The van der Waals surface area contributed by atoms with E-state index in [0.717, 1.165) is 6.54 Å². The predicted octanol–water partition coefficient (Wildman–Crippen LogP) is 0.460. The van der Waals surface area contributed by atoms with Crippen molar-refractivity contribution in [2.24, 2.45) is 0 Å². The highest BCUT2D eigenvalue weighted by Gasteiger charge is 2.05. The zero-order valence-corrected chi connectivity index (χ0v) is 8.43. The number of carboxylic acids is 1. The number of likely N-dealkylation sites (N-methyl/N-ethyl adjacent to an activating group) is 1. The SMILES string of the molecule is CC(CN(C)C)OCC(=O)O.Cl. The minimum atomic E-state index is -0.921. The summed E-state index contributed by atoms with van der Waals surface area (Å²) < 4.78 is 4.97. The lowest BCUT2D eigenvalue weighted by Gasteiger charge is -2.16. The van der Waals surface area contributed by atoms with E-state index in [9.17, 15) is 4.79 Å². The maximum absolute atomic E-state index is 10.1. The van der Waals surface area contributed by atoms with Crippen LogP contribution in [0.5, 0.6) is 0 Å². The van der Waals surface area contributed by atoms with Crippen LogP contribution in [0.25, 0.3) is 0 Å². The Morgan fingerprint density at radius 2 is 2.08 bits per heavy atom. The first kappa shape index (κ1) is 14.2. The number of nitrogens with zero attached hydrogens (tertiary/aromatic N) is 1. The van der Waals surface area contributed by atoms with E-state index in [-0.39, 0.29) is 25.1 Å². The van der Waals surface area contributed by atoms with Crippen LogP contribution in [0.4, 0.5) is 0 Å². The van der Waals surface area contributed by atoms with Gasteiger partial charge in [0.2, 0.25) is 0 Å². The van der Waals surface area contributed by atoms with Gasteiger partial charge in [0.25, 0.3) is 0 Å². The number of hydrogen-bond acceptors (Lipinski definition) is 3. The second-order valence-corrected chi connectivity index (χ2v) is 2.78. The van der Waals surface area contributed by atoms with Crippen molar-refractivity contribution in [1.29, 1.82) is 0 Å². The van der Waals surface area contributed by atoms with Crippen molar-refractivity contribution in [1.82, 2.24) is 4.90 Å². The highest BCUT2D eigenvalue weighted by molar-refractivity contribution is 5.85. The van der Waals surface area contributed by atoms with E-state index in [1.807, 2.05) is 25.9 Å². The predicted molar refractivity (Wildman–Crippen MR) is 48.9 cm³/mol. The molecule has 0 saturated carbocycles. The van der Waals surface area contributed by atoms with Gasteiger partial charge in [-0.2, -0.15) is 0 Å². The molecule has 0 amide bonds. The van der Waals surface area contributed by atoms with Crippen LogP contribution in [0, 0.1) is 0 Å². The van der Waals surface area contributed by atoms with Crippen molar-refractivity contribution in [3.05, 3.63) is 0 Å². The third kappa shape index (κ3) is 9.68. The van der Waals surface area contributed by atoms with Crippen molar-refractivity contribution < 1.29 is 14.6 Å². The molecule has 0 spiro atoms. The Balaban J connectivity index is 0. The molecule has 1 atom stereocenters. The number of rotatable bonds is 5. The summed E-state index contributed by atoms with van der Waals surface area (Å²) in [7, 11) is 3.83. The fourth-order valence-electron chi connectivity index (χ4n) is 0.780. The zero-order chi connectivity index (χ0) is 8.85. The van der Waals surface area contributed by atoms with Crippen LogP contribution < -0.4 is 0 Å². The largest absolute Gasteiger partial charge is 0.480 e. The monoisotopic (exact) mass is 197 g/mol. The Labute approximate surface area is 78.9 Å². The molecular weight excluding hydrogens is 182 g/mol. The van der Waals surface area contributed by atoms with Gasteiger partial charge >= 0.3 is 5.97 Å². The van der Waals surface area contributed by atoms with Gasteiger partial charge in [0.05, 0.1) is 6.10 Å². The van der Waals surface area contributed by atoms with E-state index < -0.39 is 5.97 Å². The molecule has 0 aliphatic heterocycles. The molecular formula is C7H16ClNO3. The second kappa shape index (κ2) is 7.34. The van der Waals surface area contributed by atoms with Crippen LogP contribution in [0.15, 0.2) is 0 Å². The van der Waals surface area contributed by atoms with E-state index in [2.05, 4.69) is 0 Å². The molecule has 0 aliphatic rings. The number of hydrogen-bond donors (Lipinski definition) is 1. The first-order valence-corrected chi connectivity index (χ1v) is 3.50. The van der Waals surface area contributed by atoms with Crippen molar-refractivity contribution in [3.63, 3.8) is 0 Å². The van der Waals surface area contributed by atoms with Gasteiger partial charge in [0.1, 0.15) is 6.61 Å². The van der Waals surface area contributed by atoms with Crippen LogP contribution in [-0.2, 0) is 9.53 Å². The van der Waals surface area contributed by atoms with Crippen LogP contribution >= 0.6 is 12.4 Å². The summed E-state index contributed by atoms with van der Waals surface area (Å²) in [6.45, 7) is 2.38. The van der Waals surface area contributed by atoms with Gasteiger partial charge < -0.3 is 14.7 Å². The fraction of sp³-hybridized carbons (Fsp3) is 0.857. The van der Waals surface area contributed by atoms with Gasteiger partial charge in [-0.1, -0.05) is 0 Å². The van der Waals surface area contributed by atoms with Crippen LogP contribution in [0.3, 0.4) is 0 Å². The molecule has 1 unspecified atom stereocenters. The number of carboxylic acid groups (broad SMARTS) is 1. The molecule has 0 saturated heterocycles. The molecule has 12 heavy (non-hydrogen) atoms. The van der Waals surface area contributed by atoms with E-state index >= 15 is 0 Å². The lowest BCUT2D eigenvalue weighted by molar-refractivity contribution is -0.144. The lowest BCUT2D eigenvalue weighted by Crippen LogP contribution is -2.27. The van der Waals surface area contributed by atoms with Gasteiger partial charge in [-0.3, -0.25) is 0 Å². The summed E-state index contributed by atoms with van der Waals surface area (Å²) in [6, 6.07) is 0. The standard InChI is InChI=1S/C7H15NO3.ClH/c1-6(4-8(2)3)11-5-7(9)10;/h6H,4-5H2,1-3H3,(H,9,10);1H. The molecule has 0 radical (unpaired) electrons. The van der Waals surface area contributed by atoms with Gasteiger partial charge in [-0.15, -0.1) is 12.4 Å². The topological polar surface area (TPSA) is 49.8 Å². The van der Waals surface area contributed by atoms with Gasteiger partial charge in [-0.25, -0.2) is 4.79 Å². The highest BCUT2D eigenvalue weighted by Crippen LogP contribution is 1.91. The second-order valence-electron chi connectivity index (χ2n) is 2.78. The Bertz CT molecular complexity index is 130. The molecule has 5 heteroatoms. The van der Waals surface area contributed by atoms with Gasteiger partial charge in [-0.05, 0) is 21.0 Å². The molecule has 0 bridgehead atoms. The molecule has 0 rings (SSSR count). The average Bonchev–Trinajstić information content (AvgIpc) is 1.82. The summed E-state index contributed by atoms with van der Waals surface area (Å²) >= 11 is 0. The minimum Gasteiger partial charge on any atom is -0.480 e. The van der Waals surface area contributed by atoms with E-state index in [1.54, 1.807) is 0 Å². The molecule has 0 aromatic carbocycles. The molecule has 0 fully saturated rings. The quantitative estimate of drug-likeness (QED) is 0.696. The van der Waals surface area contributed by atoms with Crippen molar-refractivity contribution in [2.45, 2.75) is 13.0 Å². The van der Waals surface area contributed by atoms with Gasteiger partial charge in [0.15, 0.2) is 0 Å². The van der Waals surface area contributed by atoms with Crippen LogP contribution in [0.2, 0.25) is 0 Å². The van der Waals surface area contributed by atoms with E-state index in [1.165, 1.54) is 0 Å². The molecule has 4 nitrogen and oxygen atoms in total. The normalized spacial score (nSPS) is 12.3. The van der Waals surface area contributed by atoms with Crippen molar-refractivity contribution in [3.8, 4) is 0 Å². The number of ether oxygens (including phenoxy) is 1. The van der Waals surface area contributed by atoms with Crippen molar-refractivity contribution >= 4 is 18.4 Å². The summed E-state index contributed by atoms with van der Waals surface area (Å²) in [6.07, 6.45) is -0.0268. The number of carbonyl (C=O) groups is 1. The Kier molecular flexibility index (Phi) is 8.69. The highest BCUT2D eigenvalue weighted by atomic mass is 35.5. The van der Waals surface area contributed by atoms with Crippen LogP contribution in [-0.4, -0.2) is 49.3 Å². The summed E-state index contributed by atoms with van der Waals surface area (Å²) in [4.78, 5) is 12.0. The number of halogens is 1. The fourth-order valence-corrected chi connectivity index (χ4v) is 0.780. The maximum Gasteiger partial charge on any atom is 0.329 e. The third-order valence-electron chi connectivity index (χ3n) is 1.11. The number of aliphatic carboxylic acids is 1. The van der Waals surface area contributed by atoms with E-state index in [4.69, 9.17) is 9.84 Å². The summed E-state index contributed by atoms with van der Waals surface area (Å²) in [5, 5.41) is 8.26.